The van der Waals surface area contributed by atoms with Gasteiger partial charge in [0.1, 0.15) is 5.76 Å². The monoisotopic (exact) mass is 218 g/mol. The van der Waals surface area contributed by atoms with Crippen LogP contribution in [0.1, 0.15) is 11.5 Å². The quantitative estimate of drug-likeness (QED) is 0.834. The minimum Gasteiger partial charge on any atom is -0.467 e. The normalized spacial score (nSPS) is 10.4. The highest BCUT2D eigenvalue weighted by Gasteiger charge is 2.07. The second kappa shape index (κ2) is 4.76. The lowest BCUT2D eigenvalue weighted by Gasteiger charge is -2.15. The summed E-state index contributed by atoms with van der Waals surface area (Å²) < 4.78 is 5.26. The van der Waals surface area contributed by atoms with Crippen molar-refractivity contribution in [2.24, 2.45) is 5.73 Å². The lowest BCUT2D eigenvalue weighted by atomic mass is 10.4. The Labute approximate surface area is 93.9 Å². The maximum absolute atomic E-state index is 5.53. The molecule has 0 bridgehead atoms. The zero-order valence-electron chi connectivity index (χ0n) is 9.13. The van der Waals surface area contributed by atoms with Crippen molar-refractivity contribution in [3.63, 3.8) is 0 Å². The first-order valence-electron chi connectivity index (χ1n) is 5.05. The van der Waals surface area contributed by atoms with Crippen molar-refractivity contribution in [3.05, 3.63) is 42.1 Å². The van der Waals surface area contributed by atoms with Crippen LogP contribution in [0, 0.1) is 0 Å². The van der Waals surface area contributed by atoms with E-state index in [0.717, 1.165) is 11.5 Å². The second-order valence-corrected chi connectivity index (χ2v) is 3.49. The third-order valence-electron chi connectivity index (χ3n) is 2.22. The van der Waals surface area contributed by atoms with E-state index in [2.05, 4.69) is 9.97 Å². The van der Waals surface area contributed by atoms with Crippen LogP contribution < -0.4 is 10.6 Å². The van der Waals surface area contributed by atoms with Crippen molar-refractivity contribution >= 4 is 5.95 Å². The first-order valence-corrected chi connectivity index (χ1v) is 5.05. The van der Waals surface area contributed by atoms with Gasteiger partial charge in [0.2, 0.25) is 5.95 Å². The number of rotatable bonds is 4. The fourth-order valence-corrected chi connectivity index (χ4v) is 1.39. The molecule has 0 fully saturated rings. The fourth-order valence-electron chi connectivity index (χ4n) is 1.39. The van der Waals surface area contributed by atoms with Gasteiger partial charge < -0.3 is 15.1 Å². The summed E-state index contributed by atoms with van der Waals surface area (Å²) in [5, 5.41) is 0. The van der Waals surface area contributed by atoms with Crippen molar-refractivity contribution in [2.45, 2.75) is 13.1 Å². The van der Waals surface area contributed by atoms with Crippen LogP contribution in [-0.2, 0) is 13.1 Å². The molecule has 0 spiro atoms. The summed E-state index contributed by atoms with van der Waals surface area (Å²) in [5.41, 5.74) is 6.36. The summed E-state index contributed by atoms with van der Waals surface area (Å²) in [5.74, 6) is 1.53. The molecule has 0 aromatic carbocycles. The van der Waals surface area contributed by atoms with Crippen LogP contribution in [0.3, 0.4) is 0 Å². The number of aromatic nitrogens is 2. The average molecular weight is 218 g/mol. The van der Waals surface area contributed by atoms with Gasteiger partial charge in [-0.25, -0.2) is 9.97 Å². The fraction of sp³-hybridized carbons (Fsp3) is 0.273. The van der Waals surface area contributed by atoms with E-state index >= 15 is 0 Å². The Kier molecular flexibility index (Phi) is 3.16. The molecular weight excluding hydrogens is 204 g/mol. The van der Waals surface area contributed by atoms with Gasteiger partial charge in [0, 0.05) is 19.8 Å². The van der Waals surface area contributed by atoms with Gasteiger partial charge in [0.05, 0.1) is 18.5 Å². The van der Waals surface area contributed by atoms with Crippen LogP contribution in [0.2, 0.25) is 0 Å². The summed E-state index contributed by atoms with van der Waals surface area (Å²) in [6, 6.07) is 5.59. The Balaban J connectivity index is 2.11. The van der Waals surface area contributed by atoms with Crippen molar-refractivity contribution < 1.29 is 4.42 Å². The molecule has 0 unspecified atom stereocenters. The van der Waals surface area contributed by atoms with E-state index in [1.807, 2.05) is 30.1 Å². The molecule has 0 aliphatic rings. The predicted octanol–water partition coefficient (Wildman–Crippen LogP) is 1.16. The third kappa shape index (κ3) is 2.38. The molecule has 0 aliphatic carbocycles. The van der Waals surface area contributed by atoms with Gasteiger partial charge >= 0.3 is 0 Å². The SMILES string of the molecule is CN(Cc1ccco1)c1nccc(CN)n1. The van der Waals surface area contributed by atoms with Crippen LogP contribution >= 0.6 is 0 Å². The number of hydrogen-bond acceptors (Lipinski definition) is 5. The highest BCUT2D eigenvalue weighted by Crippen LogP contribution is 2.10. The van der Waals surface area contributed by atoms with E-state index in [9.17, 15) is 0 Å². The first-order chi connectivity index (χ1) is 7.79. The molecule has 0 radical (unpaired) electrons. The van der Waals surface area contributed by atoms with Crippen molar-refractivity contribution in [3.8, 4) is 0 Å². The van der Waals surface area contributed by atoms with Crippen LogP contribution in [-0.4, -0.2) is 17.0 Å². The lowest BCUT2D eigenvalue weighted by molar-refractivity contribution is 0.506. The van der Waals surface area contributed by atoms with Crippen LogP contribution in [0.5, 0.6) is 0 Å². The average Bonchev–Trinajstić information content (AvgIpc) is 2.82. The molecular formula is C11H14N4O. The maximum Gasteiger partial charge on any atom is 0.225 e. The number of nitrogens with zero attached hydrogens (tertiary/aromatic N) is 3. The zero-order valence-corrected chi connectivity index (χ0v) is 9.13. The van der Waals surface area contributed by atoms with E-state index < -0.39 is 0 Å². The van der Waals surface area contributed by atoms with Gasteiger partial charge in [0.25, 0.3) is 0 Å². The molecule has 0 saturated heterocycles. The van der Waals surface area contributed by atoms with Crippen LogP contribution in [0.15, 0.2) is 35.1 Å². The molecule has 84 valence electrons. The molecule has 16 heavy (non-hydrogen) atoms. The van der Waals surface area contributed by atoms with Crippen LogP contribution in [0.4, 0.5) is 5.95 Å². The number of furan rings is 1. The predicted molar refractivity (Wildman–Crippen MR) is 60.7 cm³/mol. The summed E-state index contributed by atoms with van der Waals surface area (Å²) in [7, 11) is 1.91. The van der Waals surface area contributed by atoms with Crippen molar-refractivity contribution in [1.29, 1.82) is 0 Å². The topological polar surface area (TPSA) is 68.2 Å². The number of hydrogen-bond donors (Lipinski definition) is 1. The Morgan fingerprint density at radius 3 is 3.00 bits per heavy atom. The van der Waals surface area contributed by atoms with Gasteiger partial charge in [0.15, 0.2) is 0 Å². The lowest BCUT2D eigenvalue weighted by Crippen LogP contribution is -2.19. The first kappa shape index (κ1) is 10.6. The molecule has 0 aliphatic heterocycles. The number of anilines is 1. The van der Waals surface area contributed by atoms with Crippen molar-refractivity contribution in [1.82, 2.24) is 9.97 Å². The van der Waals surface area contributed by atoms with E-state index in [1.165, 1.54) is 0 Å². The molecule has 5 heteroatoms. The van der Waals surface area contributed by atoms with Gasteiger partial charge in [-0.15, -0.1) is 0 Å². The molecule has 2 aromatic rings. The highest BCUT2D eigenvalue weighted by molar-refractivity contribution is 5.29. The smallest absolute Gasteiger partial charge is 0.225 e. The molecule has 5 nitrogen and oxygen atoms in total. The third-order valence-corrected chi connectivity index (χ3v) is 2.22. The molecule has 0 atom stereocenters. The summed E-state index contributed by atoms with van der Waals surface area (Å²) in [6.07, 6.45) is 3.36. The zero-order chi connectivity index (χ0) is 11.4. The Morgan fingerprint density at radius 2 is 2.31 bits per heavy atom. The van der Waals surface area contributed by atoms with Gasteiger partial charge in [-0.1, -0.05) is 0 Å². The van der Waals surface area contributed by atoms with E-state index in [4.69, 9.17) is 10.2 Å². The van der Waals surface area contributed by atoms with E-state index in [0.29, 0.717) is 19.0 Å². The number of nitrogens with two attached hydrogens (primary N) is 1. The largest absolute Gasteiger partial charge is 0.467 e. The Bertz CT molecular complexity index is 441. The van der Waals surface area contributed by atoms with Gasteiger partial charge in [-0.2, -0.15) is 0 Å². The standard InChI is InChI=1S/C11H14N4O/c1-15(8-10-3-2-6-16-10)11-13-5-4-9(7-12)14-11/h2-6H,7-8,12H2,1H3. The van der Waals surface area contributed by atoms with Crippen molar-refractivity contribution in [2.75, 3.05) is 11.9 Å². The van der Waals surface area contributed by atoms with E-state index in [-0.39, 0.29) is 0 Å². The summed E-state index contributed by atoms with van der Waals surface area (Å²) in [4.78, 5) is 10.4. The molecule has 2 N–H and O–H groups in total. The summed E-state index contributed by atoms with van der Waals surface area (Å²) >= 11 is 0. The van der Waals surface area contributed by atoms with Gasteiger partial charge in [-0.05, 0) is 18.2 Å². The Hall–Kier alpha value is -1.88. The molecule has 0 amide bonds. The van der Waals surface area contributed by atoms with Crippen LogP contribution in [0.25, 0.3) is 0 Å². The Morgan fingerprint density at radius 1 is 1.44 bits per heavy atom. The maximum atomic E-state index is 5.53. The highest BCUT2D eigenvalue weighted by atomic mass is 16.3. The minimum absolute atomic E-state index is 0.421. The van der Waals surface area contributed by atoms with E-state index in [1.54, 1.807) is 12.5 Å². The molecule has 0 saturated carbocycles. The minimum atomic E-state index is 0.421. The molecule has 2 rings (SSSR count). The molecule has 2 aromatic heterocycles. The molecule has 2 heterocycles. The second-order valence-electron chi connectivity index (χ2n) is 3.49. The van der Waals surface area contributed by atoms with Gasteiger partial charge in [-0.3, -0.25) is 0 Å². The summed E-state index contributed by atoms with van der Waals surface area (Å²) in [6.45, 7) is 1.06.